The minimum atomic E-state index is 0.369. The van der Waals surface area contributed by atoms with E-state index in [1.807, 2.05) is 31.2 Å². The number of hydrogen-bond donors (Lipinski definition) is 1. The van der Waals surface area contributed by atoms with Crippen molar-refractivity contribution >= 4 is 0 Å². The summed E-state index contributed by atoms with van der Waals surface area (Å²) in [6, 6.07) is 8.02. The van der Waals surface area contributed by atoms with Crippen molar-refractivity contribution in [2.75, 3.05) is 19.7 Å². The summed E-state index contributed by atoms with van der Waals surface area (Å²) >= 11 is 0. The Balaban J connectivity index is 1.51. The van der Waals surface area contributed by atoms with Gasteiger partial charge in [0.1, 0.15) is 5.75 Å². The first-order chi connectivity index (χ1) is 9.81. The SMILES string of the molecule is Cc1cccc(OCCc2noc([C@@H]3CCNC3)n2)c1. The number of nitrogens with zero attached hydrogens (tertiary/aromatic N) is 2. The molecule has 0 bridgehead atoms. The predicted octanol–water partition coefficient (Wildman–Crippen LogP) is 2.08. The van der Waals surface area contributed by atoms with Crippen molar-refractivity contribution < 1.29 is 9.26 Å². The van der Waals surface area contributed by atoms with Crippen LogP contribution in [0.2, 0.25) is 0 Å². The second-order valence-corrected chi connectivity index (χ2v) is 5.15. The molecule has 0 radical (unpaired) electrons. The fourth-order valence-electron chi connectivity index (χ4n) is 2.37. The van der Waals surface area contributed by atoms with Gasteiger partial charge in [0.25, 0.3) is 0 Å². The highest BCUT2D eigenvalue weighted by Gasteiger charge is 2.22. The Bertz CT molecular complexity index is 562. The van der Waals surface area contributed by atoms with E-state index in [0.717, 1.165) is 37.0 Å². The van der Waals surface area contributed by atoms with Gasteiger partial charge in [-0.1, -0.05) is 17.3 Å². The summed E-state index contributed by atoms with van der Waals surface area (Å²) in [6.45, 7) is 4.57. The van der Waals surface area contributed by atoms with E-state index in [1.165, 1.54) is 5.56 Å². The van der Waals surface area contributed by atoms with Crippen LogP contribution in [0.15, 0.2) is 28.8 Å². The molecular formula is C15H19N3O2. The van der Waals surface area contributed by atoms with Crippen LogP contribution in [0.1, 0.15) is 29.6 Å². The molecule has 0 aliphatic carbocycles. The number of ether oxygens (including phenoxy) is 1. The molecule has 0 saturated carbocycles. The molecule has 1 aliphatic heterocycles. The fourth-order valence-corrected chi connectivity index (χ4v) is 2.37. The molecule has 1 aliphatic rings. The number of rotatable bonds is 5. The highest BCUT2D eigenvalue weighted by molar-refractivity contribution is 5.27. The monoisotopic (exact) mass is 273 g/mol. The molecule has 5 heteroatoms. The summed E-state index contributed by atoms with van der Waals surface area (Å²) in [4.78, 5) is 4.44. The van der Waals surface area contributed by atoms with E-state index in [4.69, 9.17) is 9.26 Å². The van der Waals surface area contributed by atoms with E-state index in [-0.39, 0.29) is 0 Å². The van der Waals surface area contributed by atoms with Crippen LogP contribution in [0.5, 0.6) is 5.75 Å². The van der Waals surface area contributed by atoms with Gasteiger partial charge in [0, 0.05) is 13.0 Å². The Hall–Kier alpha value is -1.88. The zero-order valence-electron chi connectivity index (χ0n) is 11.6. The molecule has 2 aromatic rings. The number of aryl methyl sites for hydroxylation is 1. The number of benzene rings is 1. The Morgan fingerprint density at radius 2 is 2.40 bits per heavy atom. The van der Waals surface area contributed by atoms with Gasteiger partial charge in [-0.25, -0.2) is 0 Å². The Morgan fingerprint density at radius 1 is 1.45 bits per heavy atom. The average molecular weight is 273 g/mol. The van der Waals surface area contributed by atoms with Crippen molar-refractivity contribution in [3.63, 3.8) is 0 Å². The number of nitrogens with one attached hydrogen (secondary N) is 1. The summed E-state index contributed by atoms with van der Waals surface area (Å²) in [6.07, 6.45) is 1.74. The van der Waals surface area contributed by atoms with Crippen molar-refractivity contribution in [1.82, 2.24) is 15.5 Å². The summed E-state index contributed by atoms with van der Waals surface area (Å²) < 4.78 is 11.0. The van der Waals surface area contributed by atoms with Gasteiger partial charge in [0.05, 0.1) is 12.5 Å². The summed E-state index contributed by atoms with van der Waals surface area (Å²) in [5.41, 5.74) is 1.19. The lowest BCUT2D eigenvalue weighted by molar-refractivity contribution is 0.312. The minimum absolute atomic E-state index is 0.369. The first kappa shape index (κ1) is 13.1. The van der Waals surface area contributed by atoms with Crippen LogP contribution in [0.3, 0.4) is 0 Å². The highest BCUT2D eigenvalue weighted by atomic mass is 16.5. The van der Waals surface area contributed by atoms with Gasteiger partial charge in [-0.15, -0.1) is 0 Å². The summed E-state index contributed by atoms with van der Waals surface area (Å²) in [5.74, 6) is 2.72. The Labute approximate surface area is 118 Å². The molecule has 5 nitrogen and oxygen atoms in total. The van der Waals surface area contributed by atoms with Crippen molar-refractivity contribution in [3.05, 3.63) is 41.5 Å². The lowest BCUT2D eigenvalue weighted by atomic mass is 10.1. The van der Waals surface area contributed by atoms with Crippen molar-refractivity contribution in [3.8, 4) is 5.75 Å². The van der Waals surface area contributed by atoms with E-state index in [9.17, 15) is 0 Å². The lowest BCUT2D eigenvalue weighted by Crippen LogP contribution is -2.08. The van der Waals surface area contributed by atoms with Crippen LogP contribution in [0.4, 0.5) is 0 Å². The normalized spacial score (nSPS) is 18.4. The Kier molecular flexibility index (Phi) is 3.97. The highest BCUT2D eigenvalue weighted by Crippen LogP contribution is 2.20. The molecule has 2 heterocycles. The van der Waals surface area contributed by atoms with Crippen LogP contribution < -0.4 is 10.1 Å². The maximum absolute atomic E-state index is 5.69. The van der Waals surface area contributed by atoms with Crippen molar-refractivity contribution in [1.29, 1.82) is 0 Å². The maximum atomic E-state index is 5.69. The molecule has 1 N–H and O–H groups in total. The molecule has 1 fully saturated rings. The summed E-state index contributed by atoms with van der Waals surface area (Å²) in [5, 5.41) is 7.31. The molecule has 106 valence electrons. The third-order valence-electron chi connectivity index (χ3n) is 3.48. The minimum Gasteiger partial charge on any atom is -0.493 e. The first-order valence-electron chi connectivity index (χ1n) is 7.04. The van der Waals surface area contributed by atoms with Crippen molar-refractivity contribution in [2.24, 2.45) is 0 Å². The second-order valence-electron chi connectivity index (χ2n) is 5.15. The quantitative estimate of drug-likeness (QED) is 0.903. The maximum Gasteiger partial charge on any atom is 0.231 e. The van der Waals surface area contributed by atoms with E-state index in [2.05, 4.69) is 15.5 Å². The lowest BCUT2D eigenvalue weighted by Gasteiger charge is -2.04. The van der Waals surface area contributed by atoms with E-state index in [1.54, 1.807) is 0 Å². The fraction of sp³-hybridized carbons (Fsp3) is 0.467. The van der Waals surface area contributed by atoms with Gasteiger partial charge in [0.15, 0.2) is 5.82 Å². The second kappa shape index (κ2) is 6.05. The van der Waals surface area contributed by atoms with Crippen LogP contribution in [0.25, 0.3) is 0 Å². The molecule has 1 saturated heterocycles. The van der Waals surface area contributed by atoms with E-state index in [0.29, 0.717) is 18.9 Å². The molecule has 1 aromatic carbocycles. The predicted molar refractivity (Wildman–Crippen MR) is 74.9 cm³/mol. The van der Waals surface area contributed by atoms with Crippen molar-refractivity contribution in [2.45, 2.75) is 25.7 Å². The van der Waals surface area contributed by atoms with Gasteiger partial charge in [-0.05, 0) is 37.6 Å². The third-order valence-corrected chi connectivity index (χ3v) is 3.48. The third kappa shape index (κ3) is 3.17. The van der Waals surface area contributed by atoms with Crippen LogP contribution >= 0.6 is 0 Å². The van der Waals surface area contributed by atoms with E-state index < -0.39 is 0 Å². The van der Waals surface area contributed by atoms with Crippen LogP contribution in [0, 0.1) is 6.92 Å². The zero-order valence-corrected chi connectivity index (χ0v) is 11.6. The van der Waals surface area contributed by atoms with Crippen LogP contribution in [-0.4, -0.2) is 29.8 Å². The molecule has 3 rings (SSSR count). The number of aromatic nitrogens is 2. The van der Waals surface area contributed by atoms with Crippen LogP contribution in [-0.2, 0) is 6.42 Å². The molecule has 0 spiro atoms. The van der Waals surface area contributed by atoms with Gasteiger partial charge in [-0.2, -0.15) is 4.98 Å². The molecule has 0 unspecified atom stereocenters. The average Bonchev–Trinajstić information content (AvgIpc) is 3.09. The van der Waals surface area contributed by atoms with Gasteiger partial charge < -0.3 is 14.6 Å². The van der Waals surface area contributed by atoms with Gasteiger partial charge in [-0.3, -0.25) is 0 Å². The number of hydrogen-bond acceptors (Lipinski definition) is 5. The molecular weight excluding hydrogens is 254 g/mol. The Morgan fingerprint density at radius 3 is 3.20 bits per heavy atom. The molecule has 1 atom stereocenters. The zero-order chi connectivity index (χ0) is 13.8. The van der Waals surface area contributed by atoms with Gasteiger partial charge >= 0.3 is 0 Å². The molecule has 1 aromatic heterocycles. The summed E-state index contributed by atoms with van der Waals surface area (Å²) in [7, 11) is 0. The standard InChI is InChI=1S/C15H19N3O2/c1-11-3-2-4-13(9-11)19-8-6-14-17-15(20-18-14)12-5-7-16-10-12/h2-4,9,12,16H,5-8,10H2,1H3/t12-/m1/s1. The van der Waals surface area contributed by atoms with E-state index >= 15 is 0 Å². The largest absolute Gasteiger partial charge is 0.493 e. The smallest absolute Gasteiger partial charge is 0.231 e. The van der Waals surface area contributed by atoms with Gasteiger partial charge in [0.2, 0.25) is 5.89 Å². The topological polar surface area (TPSA) is 60.2 Å². The molecule has 20 heavy (non-hydrogen) atoms. The molecule has 0 amide bonds. The first-order valence-corrected chi connectivity index (χ1v) is 7.04.